The molecule has 1 saturated heterocycles. The zero-order valence-electron chi connectivity index (χ0n) is 16.0. The normalized spacial score (nSPS) is 15.4. The summed E-state index contributed by atoms with van der Waals surface area (Å²) in [6.45, 7) is 10.00. The lowest BCUT2D eigenvalue weighted by Gasteiger charge is -2.36. The van der Waals surface area contributed by atoms with Gasteiger partial charge in [-0.05, 0) is 38.5 Å². The van der Waals surface area contributed by atoms with Gasteiger partial charge < -0.3 is 14.5 Å². The molecule has 0 aliphatic carbocycles. The van der Waals surface area contributed by atoms with E-state index >= 15 is 0 Å². The topological polar surface area (TPSA) is 49.9 Å². The number of thiol groups is 1. The van der Waals surface area contributed by atoms with Crippen molar-refractivity contribution in [3.8, 4) is 0 Å². The van der Waals surface area contributed by atoms with Crippen molar-refractivity contribution in [2.45, 2.75) is 37.4 Å². The number of carbonyl (C=O) groups is 2. The third-order valence-corrected chi connectivity index (χ3v) is 4.52. The number of piperazine rings is 1. The Bertz CT molecular complexity index is 780. The Morgan fingerprint density at radius 1 is 1.07 bits per heavy atom. The number of hydrogen-bond acceptors (Lipinski definition) is 4. The maximum Gasteiger partial charge on any atom is 0.417 e. The molecule has 0 bridgehead atoms. The highest BCUT2D eigenvalue weighted by Gasteiger charge is 2.34. The van der Waals surface area contributed by atoms with Gasteiger partial charge in [0.1, 0.15) is 5.60 Å². The molecule has 0 N–H and O–H groups in total. The van der Waals surface area contributed by atoms with Crippen LogP contribution in [0.2, 0.25) is 0 Å². The summed E-state index contributed by atoms with van der Waals surface area (Å²) in [5, 5.41) is 0. The third kappa shape index (κ3) is 5.43. The van der Waals surface area contributed by atoms with Crippen LogP contribution in [0.1, 0.15) is 31.9 Å². The highest BCUT2D eigenvalue weighted by molar-refractivity contribution is 7.80. The molecule has 154 valence electrons. The second-order valence-corrected chi connectivity index (χ2v) is 7.95. The van der Waals surface area contributed by atoms with Gasteiger partial charge in [-0.1, -0.05) is 12.6 Å². The van der Waals surface area contributed by atoms with Crippen LogP contribution in [-0.4, -0.2) is 53.6 Å². The number of halogens is 3. The lowest BCUT2D eigenvalue weighted by Crippen LogP contribution is -2.51. The first kappa shape index (κ1) is 22.1. The zero-order chi connectivity index (χ0) is 21.3. The fourth-order valence-electron chi connectivity index (χ4n) is 2.68. The molecule has 0 atom stereocenters. The van der Waals surface area contributed by atoms with Gasteiger partial charge >= 0.3 is 12.3 Å². The number of amides is 2. The van der Waals surface area contributed by atoms with Gasteiger partial charge in [-0.15, -0.1) is 12.6 Å². The van der Waals surface area contributed by atoms with Crippen LogP contribution >= 0.6 is 12.6 Å². The molecule has 0 aromatic heterocycles. The predicted octanol–water partition coefficient (Wildman–Crippen LogP) is 4.09. The second-order valence-electron chi connectivity index (χ2n) is 7.47. The molecule has 2 rings (SSSR count). The molecule has 28 heavy (non-hydrogen) atoms. The monoisotopic (exact) mass is 416 g/mol. The van der Waals surface area contributed by atoms with Crippen LogP contribution < -0.4 is 0 Å². The van der Waals surface area contributed by atoms with Gasteiger partial charge in [0.25, 0.3) is 5.91 Å². The minimum atomic E-state index is -4.57. The van der Waals surface area contributed by atoms with Crippen molar-refractivity contribution in [3.63, 3.8) is 0 Å². The molecule has 0 radical (unpaired) electrons. The van der Waals surface area contributed by atoms with Crippen molar-refractivity contribution < 1.29 is 27.5 Å². The predicted molar refractivity (Wildman–Crippen MR) is 102 cm³/mol. The summed E-state index contributed by atoms with van der Waals surface area (Å²) >= 11 is 3.82. The Hall–Kier alpha value is -2.16. The number of alkyl halides is 3. The van der Waals surface area contributed by atoms with Gasteiger partial charge in [0.05, 0.1) is 5.56 Å². The molecule has 0 unspecified atom stereocenters. The molecular weight excluding hydrogens is 393 g/mol. The van der Waals surface area contributed by atoms with Crippen LogP contribution in [-0.2, 0) is 15.7 Å². The summed E-state index contributed by atoms with van der Waals surface area (Å²) in [5.74, 6) is -0.469. The Balaban J connectivity index is 2.04. The van der Waals surface area contributed by atoms with E-state index in [-0.39, 0.29) is 42.2 Å². The fraction of sp³-hybridized carbons (Fsp3) is 0.474. The molecule has 1 aliphatic heterocycles. The first-order valence-corrected chi connectivity index (χ1v) is 9.11. The highest BCUT2D eigenvalue weighted by Crippen LogP contribution is 2.35. The van der Waals surface area contributed by atoms with E-state index < -0.39 is 29.3 Å². The van der Waals surface area contributed by atoms with Crippen LogP contribution in [0.5, 0.6) is 0 Å². The van der Waals surface area contributed by atoms with Crippen molar-refractivity contribution in [1.82, 2.24) is 9.80 Å². The average molecular weight is 416 g/mol. The van der Waals surface area contributed by atoms with Crippen LogP contribution in [0.15, 0.2) is 29.7 Å². The summed E-state index contributed by atoms with van der Waals surface area (Å²) in [6, 6.07) is 3.45. The first-order chi connectivity index (χ1) is 12.8. The molecule has 1 fully saturated rings. The number of benzene rings is 1. The van der Waals surface area contributed by atoms with Crippen LogP contribution in [0.3, 0.4) is 0 Å². The largest absolute Gasteiger partial charge is 0.444 e. The van der Waals surface area contributed by atoms with Crippen molar-refractivity contribution in [1.29, 1.82) is 0 Å². The van der Waals surface area contributed by atoms with Gasteiger partial charge in [-0.2, -0.15) is 13.2 Å². The van der Waals surface area contributed by atoms with Gasteiger partial charge in [0, 0.05) is 36.6 Å². The van der Waals surface area contributed by atoms with Gasteiger partial charge in [-0.3, -0.25) is 4.79 Å². The van der Waals surface area contributed by atoms with Crippen LogP contribution in [0.25, 0.3) is 5.57 Å². The summed E-state index contributed by atoms with van der Waals surface area (Å²) in [4.78, 5) is 27.5. The van der Waals surface area contributed by atoms with E-state index in [9.17, 15) is 22.8 Å². The summed E-state index contributed by atoms with van der Waals surface area (Å²) in [6.07, 6.45) is -5.03. The lowest BCUT2D eigenvalue weighted by atomic mass is 10.0. The molecule has 0 spiro atoms. The quantitative estimate of drug-likeness (QED) is 0.584. The second kappa shape index (κ2) is 8.06. The SMILES string of the molecule is C=C(C(=O)N1CCN(C(=O)OC(C)(C)C)CC1)c1ccc(S)c(C(F)(F)F)c1. The third-order valence-electron chi connectivity index (χ3n) is 4.13. The van der Waals surface area contributed by atoms with Crippen molar-refractivity contribution in [2.75, 3.05) is 26.2 Å². The fourth-order valence-corrected chi connectivity index (χ4v) is 2.95. The molecule has 0 saturated carbocycles. The number of nitrogens with zero attached hydrogens (tertiary/aromatic N) is 2. The van der Waals surface area contributed by atoms with Crippen LogP contribution in [0, 0.1) is 0 Å². The van der Waals surface area contributed by atoms with E-state index in [1.807, 2.05) is 0 Å². The maximum absolute atomic E-state index is 13.1. The number of rotatable bonds is 2. The molecule has 1 aromatic rings. The van der Waals surface area contributed by atoms with E-state index in [4.69, 9.17) is 4.74 Å². The van der Waals surface area contributed by atoms with E-state index in [2.05, 4.69) is 19.2 Å². The Kier molecular flexibility index (Phi) is 6.37. The minimum Gasteiger partial charge on any atom is -0.444 e. The molecule has 1 aromatic carbocycles. The summed E-state index contributed by atoms with van der Waals surface area (Å²) < 4.78 is 44.5. The average Bonchev–Trinajstić information content (AvgIpc) is 2.58. The van der Waals surface area contributed by atoms with Gasteiger partial charge in [0.15, 0.2) is 0 Å². The minimum absolute atomic E-state index is 0.0375. The van der Waals surface area contributed by atoms with Crippen molar-refractivity contribution in [3.05, 3.63) is 35.9 Å². The highest BCUT2D eigenvalue weighted by atomic mass is 32.1. The Morgan fingerprint density at radius 3 is 2.11 bits per heavy atom. The van der Waals surface area contributed by atoms with E-state index in [0.717, 1.165) is 6.07 Å². The molecule has 1 aliphatic rings. The molecule has 1 heterocycles. The maximum atomic E-state index is 13.1. The molecule has 5 nitrogen and oxygen atoms in total. The molecule has 9 heteroatoms. The molecular formula is C19H23F3N2O3S. The standard InChI is InChI=1S/C19H23F3N2O3S/c1-12(13-5-6-15(28)14(11-13)19(20,21)22)16(25)23-7-9-24(10-8-23)17(26)27-18(2,3)4/h5-6,11,28H,1,7-10H2,2-4H3. The summed E-state index contributed by atoms with van der Waals surface area (Å²) in [7, 11) is 0. The zero-order valence-corrected chi connectivity index (χ0v) is 16.9. The lowest BCUT2D eigenvalue weighted by molar-refractivity contribution is -0.139. The molecule has 2 amide bonds. The van der Waals surface area contributed by atoms with Crippen LogP contribution in [0.4, 0.5) is 18.0 Å². The number of ether oxygens (including phenoxy) is 1. The van der Waals surface area contributed by atoms with Gasteiger partial charge in [0.2, 0.25) is 0 Å². The van der Waals surface area contributed by atoms with E-state index in [1.54, 1.807) is 20.8 Å². The van der Waals surface area contributed by atoms with Gasteiger partial charge in [-0.25, -0.2) is 4.79 Å². The smallest absolute Gasteiger partial charge is 0.417 e. The Morgan fingerprint density at radius 2 is 1.61 bits per heavy atom. The summed E-state index contributed by atoms with van der Waals surface area (Å²) in [5.41, 5.74) is -1.49. The first-order valence-electron chi connectivity index (χ1n) is 8.66. The van der Waals surface area contributed by atoms with E-state index in [0.29, 0.717) is 0 Å². The number of carbonyl (C=O) groups excluding carboxylic acids is 2. The van der Waals surface area contributed by atoms with Crippen molar-refractivity contribution in [2.24, 2.45) is 0 Å². The van der Waals surface area contributed by atoms with Crippen molar-refractivity contribution >= 4 is 30.2 Å². The van der Waals surface area contributed by atoms with E-state index in [1.165, 1.54) is 21.9 Å². The Labute approximate surface area is 167 Å². The number of hydrogen-bond donors (Lipinski definition) is 1.